The first-order valence-corrected chi connectivity index (χ1v) is 13.6. The number of hydrogen-bond donors (Lipinski definition) is 1. The summed E-state index contributed by atoms with van der Waals surface area (Å²) in [5.41, 5.74) is 0.853. The van der Waals surface area contributed by atoms with E-state index >= 15 is 0 Å². The maximum Gasteiger partial charge on any atom is 0.227 e. The van der Waals surface area contributed by atoms with Crippen LogP contribution in [0.25, 0.3) is 0 Å². The number of thioether (sulfide) groups is 2. The predicted octanol–water partition coefficient (Wildman–Crippen LogP) is 4.87. The Morgan fingerprint density at radius 3 is 2.17 bits per heavy atom. The van der Waals surface area contributed by atoms with E-state index < -0.39 is 0 Å². The van der Waals surface area contributed by atoms with E-state index in [9.17, 15) is 9.59 Å². The van der Waals surface area contributed by atoms with Crippen molar-refractivity contribution < 1.29 is 9.59 Å². The Hall–Kier alpha value is -1.14. The molecule has 1 aromatic rings. The van der Waals surface area contributed by atoms with Crippen molar-refractivity contribution in [2.24, 2.45) is 23.7 Å². The van der Waals surface area contributed by atoms with Crippen molar-refractivity contribution in [1.29, 1.82) is 0 Å². The quantitative estimate of drug-likeness (QED) is 0.723. The molecule has 162 valence electrons. The van der Waals surface area contributed by atoms with E-state index in [4.69, 9.17) is 0 Å². The molecule has 4 nitrogen and oxygen atoms in total. The van der Waals surface area contributed by atoms with Crippen molar-refractivity contribution in [3.05, 3.63) is 30.3 Å². The second-order valence-electron chi connectivity index (χ2n) is 9.37. The van der Waals surface area contributed by atoms with Crippen LogP contribution >= 0.6 is 23.5 Å². The summed E-state index contributed by atoms with van der Waals surface area (Å²) in [4.78, 5) is 28.0. The molecule has 1 spiro atoms. The molecular formula is C24H32N2O2S2. The third kappa shape index (κ3) is 3.90. The number of nitrogens with one attached hydrogen (secondary N) is 1. The zero-order valence-corrected chi connectivity index (χ0v) is 19.2. The highest BCUT2D eigenvalue weighted by atomic mass is 32.2. The van der Waals surface area contributed by atoms with Crippen LogP contribution in [0.4, 0.5) is 5.69 Å². The van der Waals surface area contributed by atoms with E-state index in [1.807, 2.05) is 30.3 Å². The van der Waals surface area contributed by atoms with Crippen LogP contribution in [0.15, 0.2) is 30.3 Å². The summed E-state index contributed by atoms with van der Waals surface area (Å²) in [5.74, 6) is 4.69. The first kappa shape index (κ1) is 20.7. The molecule has 0 aromatic heterocycles. The minimum absolute atomic E-state index is 0.00884. The number of benzene rings is 1. The minimum atomic E-state index is 0.00884. The zero-order chi connectivity index (χ0) is 20.6. The van der Waals surface area contributed by atoms with Gasteiger partial charge in [-0.2, -0.15) is 0 Å². The Morgan fingerprint density at radius 1 is 0.900 bits per heavy atom. The van der Waals surface area contributed by atoms with Crippen LogP contribution in [0.5, 0.6) is 0 Å². The fraction of sp³-hybridized carbons (Fsp3) is 0.667. The number of carbonyl (C=O) groups excluding carboxylic acids is 2. The molecule has 2 heterocycles. The summed E-state index contributed by atoms with van der Waals surface area (Å²) in [6, 6.07) is 9.66. The molecular weight excluding hydrogens is 412 g/mol. The smallest absolute Gasteiger partial charge is 0.227 e. The SMILES string of the molecule is O=C(Nc1ccccc1)C1CCN(C(=O)C2C[C@H]3CCC[C@@H](C2)C32SCCS2)CC1. The maximum absolute atomic E-state index is 13.4. The number of likely N-dealkylation sites (tertiary alicyclic amines) is 1. The first-order chi connectivity index (χ1) is 14.7. The standard InChI is InChI=1S/C24H32N2O2S2/c27-22(25-21-7-2-1-3-8-21)17-9-11-26(12-10-17)23(28)18-15-19-5-4-6-20(16-18)24(19)29-13-14-30-24/h1-3,7-8,17-20H,4-6,9-16H2,(H,25,27)/t18?,19-,20+. The molecule has 0 radical (unpaired) electrons. The number of hydrogen-bond acceptors (Lipinski definition) is 4. The van der Waals surface area contributed by atoms with Crippen molar-refractivity contribution in [3.8, 4) is 0 Å². The highest BCUT2D eigenvalue weighted by Crippen LogP contribution is 2.64. The molecule has 1 unspecified atom stereocenters. The monoisotopic (exact) mass is 444 g/mol. The summed E-state index contributed by atoms with van der Waals surface area (Å²) >= 11 is 4.41. The van der Waals surface area contributed by atoms with E-state index in [-0.39, 0.29) is 17.7 Å². The topological polar surface area (TPSA) is 49.4 Å². The second-order valence-corrected chi connectivity index (χ2v) is 12.4. The number of para-hydroxylation sites is 1. The molecule has 4 fully saturated rings. The molecule has 30 heavy (non-hydrogen) atoms. The highest BCUT2D eigenvalue weighted by Gasteiger charge is 2.55. The van der Waals surface area contributed by atoms with Crippen LogP contribution < -0.4 is 5.32 Å². The fourth-order valence-corrected chi connectivity index (χ4v) is 10.1. The van der Waals surface area contributed by atoms with E-state index in [0.717, 1.165) is 44.5 Å². The summed E-state index contributed by atoms with van der Waals surface area (Å²) in [6.45, 7) is 1.46. The number of rotatable bonds is 3. The number of amides is 2. The molecule has 2 aliphatic heterocycles. The molecule has 4 aliphatic rings. The normalized spacial score (nSPS) is 30.9. The van der Waals surface area contributed by atoms with Crippen molar-refractivity contribution in [2.45, 2.75) is 49.0 Å². The zero-order valence-electron chi connectivity index (χ0n) is 17.6. The van der Waals surface area contributed by atoms with E-state index in [2.05, 4.69) is 33.7 Å². The molecule has 2 aliphatic carbocycles. The lowest BCUT2D eigenvalue weighted by Gasteiger charge is -2.52. The van der Waals surface area contributed by atoms with Gasteiger partial charge in [0, 0.05) is 42.1 Å². The van der Waals surface area contributed by atoms with Crippen LogP contribution in [0, 0.1) is 23.7 Å². The molecule has 2 bridgehead atoms. The largest absolute Gasteiger partial charge is 0.342 e. The lowest BCUT2D eigenvalue weighted by Crippen LogP contribution is -2.51. The Labute approximate surface area is 188 Å². The van der Waals surface area contributed by atoms with Gasteiger partial charge in [0.05, 0.1) is 4.08 Å². The van der Waals surface area contributed by atoms with Gasteiger partial charge < -0.3 is 10.2 Å². The molecule has 3 atom stereocenters. The van der Waals surface area contributed by atoms with Gasteiger partial charge in [0.15, 0.2) is 0 Å². The van der Waals surface area contributed by atoms with Crippen molar-refractivity contribution in [2.75, 3.05) is 29.9 Å². The van der Waals surface area contributed by atoms with Gasteiger partial charge in [-0.3, -0.25) is 9.59 Å². The van der Waals surface area contributed by atoms with Crippen molar-refractivity contribution >= 4 is 41.0 Å². The number of piperidine rings is 1. The van der Waals surface area contributed by atoms with Gasteiger partial charge in [0.2, 0.25) is 11.8 Å². The summed E-state index contributed by atoms with van der Waals surface area (Å²) in [6.07, 6.45) is 7.69. The Bertz CT molecular complexity index is 757. The van der Waals surface area contributed by atoms with Crippen LogP contribution in [0.2, 0.25) is 0 Å². The molecule has 2 amide bonds. The average Bonchev–Trinajstić information content (AvgIpc) is 3.23. The summed E-state index contributed by atoms with van der Waals surface area (Å²) < 4.78 is 0.428. The van der Waals surface area contributed by atoms with E-state index in [1.54, 1.807) is 0 Å². The molecule has 1 aromatic carbocycles. The van der Waals surface area contributed by atoms with Crippen LogP contribution in [-0.4, -0.2) is 45.4 Å². The van der Waals surface area contributed by atoms with Gasteiger partial charge in [-0.05, 0) is 62.5 Å². The third-order valence-electron chi connectivity index (χ3n) is 7.69. The van der Waals surface area contributed by atoms with Crippen molar-refractivity contribution in [1.82, 2.24) is 4.90 Å². The van der Waals surface area contributed by atoms with E-state index in [1.165, 1.54) is 30.8 Å². The lowest BCUT2D eigenvalue weighted by atomic mass is 9.66. The van der Waals surface area contributed by atoms with Gasteiger partial charge >= 0.3 is 0 Å². The number of anilines is 1. The molecule has 5 rings (SSSR count). The Kier molecular flexibility index (Phi) is 6.07. The van der Waals surface area contributed by atoms with Gasteiger partial charge in [-0.25, -0.2) is 0 Å². The van der Waals surface area contributed by atoms with Gasteiger partial charge in [-0.15, -0.1) is 23.5 Å². The predicted molar refractivity (Wildman–Crippen MR) is 126 cm³/mol. The second kappa shape index (κ2) is 8.78. The Balaban J connectivity index is 1.16. The van der Waals surface area contributed by atoms with Gasteiger partial charge in [-0.1, -0.05) is 24.6 Å². The molecule has 1 N–H and O–H groups in total. The summed E-state index contributed by atoms with van der Waals surface area (Å²) in [7, 11) is 0. The van der Waals surface area contributed by atoms with Crippen molar-refractivity contribution in [3.63, 3.8) is 0 Å². The van der Waals surface area contributed by atoms with Crippen LogP contribution in [-0.2, 0) is 9.59 Å². The first-order valence-electron chi connectivity index (χ1n) is 11.6. The van der Waals surface area contributed by atoms with Gasteiger partial charge in [0.1, 0.15) is 0 Å². The summed E-state index contributed by atoms with van der Waals surface area (Å²) in [5, 5.41) is 3.03. The number of nitrogens with zero attached hydrogens (tertiary/aromatic N) is 1. The fourth-order valence-electron chi connectivity index (χ4n) is 6.20. The minimum Gasteiger partial charge on any atom is -0.342 e. The maximum atomic E-state index is 13.4. The Morgan fingerprint density at radius 2 is 1.53 bits per heavy atom. The lowest BCUT2D eigenvalue weighted by molar-refractivity contribution is -0.141. The van der Waals surface area contributed by atoms with Gasteiger partial charge in [0.25, 0.3) is 0 Å². The highest BCUT2D eigenvalue weighted by molar-refractivity contribution is 8.21. The average molecular weight is 445 g/mol. The van der Waals surface area contributed by atoms with E-state index in [0.29, 0.717) is 21.8 Å². The number of carbonyl (C=O) groups is 2. The third-order valence-corrected chi connectivity index (χ3v) is 11.7. The van der Waals surface area contributed by atoms with Crippen LogP contribution in [0.1, 0.15) is 44.9 Å². The molecule has 2 saturated carbocycles. The van der Waals surface area contributed by atoms with Crippen LogP contribution in [0.3, 0.4) is 0 Å². The molecule has 2 saturated heterocycles. The molecule has 6 heteroatoms.